The fourth-order valence-electron chi connectivity index (χ4n) is 2.25. The molecule has 1 N–H and O–H groups in total. The number of para-hydroxylation sites is 1. The van der Waals surface area contributed by atoms with Gasteiger partial charge in [0.2, 0.25) is 0 Å². The first-order valence-electron chi connectivity index (χ1n) is 6.53. The van der Waals surface area contributed by atoms with Gasteiger partial charge in [-0.3, -0.25) is 0 Å². The highest BCUT2D eigenvalue weighted by atomic mass is 32.1. The van der Waals surface area contributed by atoms with Crippen LogP contribution in [0.15, 0.2) is 48.5 Å². The fraction of sp³-hybridized carbons (Fsp3) is 0.188. The Kier molecular flexibility index (Phi) is 3.76. The van der Waals surface area contributed by atoms with E-state index in [2.05, 4.69) is 16.4 Å². The number of thiazole rings is 1. The van der Waals surface area contributed by atoms with E-state index in [0.29, 0.717) is 0 Å². The zero-order valence-corrected chi connectivity index (χ0v) is 12.0. The van der Waals surface area contributed by atoms with Crippen molar-refractivity contribution in [1.82, 2.24) is 10.3 Å². The fourth-order valence-corrected chi connectivity index (χ4v) is 3.33. The van der Waals surface area contributed by atoms with Gasteiger partial charge in [-0.05, 0) is 43.3 Å². The van der Waals surface area contributed by atoms with Crippen molar-refractivity contribution in [1.29, 1.82) is 0 Å². The molecule has 0 aliphatic rings. The van der Waals surface area contributed by atoms with Gasteiger partial charge in [0.1, 0.15) is 10.8 Å². The highest BCUT2D eigenvalue weighted by Crippen LogP contribution is 2.28. The second-order valence-corrected chi connectivity index (χ2v) is 5.76. The van der Waals surface area contributed by atoms with E-state index in [9.17, 15) is 4.39 Å². The normalized spacial score (nSPS) is 12.7. The molecule has 1 aromatic heterocycles. The van der Waals surface area contributed by atoms with Gasteiger partial charge < -0.3 is 5.32 Å². The van der Waals surface area contributed by atoms with Crippen LogP contribution >= 0.6 is 11.3 Å². The number of hydrogen-bond donors (Lipinski definition) is 1. The van der Waals surface area contributed by atoms with Crippen LogP contribution in [0.1, 0.15) is 16.6 Å². The Morgan fingerprint density at radius 2 is 2.05 bits per heavy atom. The van der Waals surface area contributed by atoms with Crippen LogP contribution in [-0.2, 0) is 6.42 Å². The molecular formula is C16H15FN2S. The third kappa shape index (κ3) is 2.71. The third-order valence-corrected chi connectivity index (χ3v) is 4.44. The molecule has 1 unspecified atom stereocenters. The highest BCUT2D eigenvalue weighted by molar-refractivity contribution is 7.18. The maximum Gasteiger partial charge on any atom is 0.123 e. The molecule has 2 nitrogen and oxygen atoms in total. The summed E-state index contributed by atoms with van der Waals surface area (Å²) in [5.41, 5.74) is 2.00. The smallest absolute Gasteiger partial charge is 0.123 e. The largest absolute Gasteiger partial charge is 0.311 e. The van der Waals surface area contributed by atoms with E-state index in [1.165, 1.54) is 10.8 Å². The SMILES string of the molecule is CNC(Cc1cccc(F)c1)c1nc2ccccc2s1. The van der Waals surface area contributed by atoms with Crippen molar-refractivity contribution in [2.45, 2.75) is 12.5 Å². The van der Waals surface area contributed by atoms with Crippen LogP contribution in [0.4, 0.5) is 4.39 Å². The Morgan fingerprint density at radius 3 is 2.80 bits per heavy atom. The molecule has 1 atom stereocenters. The maximum absolute atomic E-state index is 13.3. The van der Waals surface area contributed by atoms with E-state index in [-0.39, 0.29) is 11.9 Å². The zero-order valence-electron chi connectivity index (χ0n) is 11.1. The molecule has 0 fully saturated rings. The number of nitrogens with zero attached hydrogens (tertiary/aromatic N) is 1. The summed E-state index contributed by atoms with van der Waals surface area (Å²) in [6, 6.07) is 15.0. The molecule has 0 bridgehead atoms. The molecule has 3 rings (SSSR count). The van der Waals surface area contributed by atoms with E-state index >= 15 is 0 Å². The Labute approximate surface area is 121 Å². The molecule has 3 aromatic rings. The van der Waals surface area contributed by atoms with Crippen molar-refractivity contribution >= 4 is 21.6 Å². The number of rotatable bonds is 4. The summed E-state index contributed by atoms with van der Waals surface area (Å²) in [7, 11) is 1.91. The molecule has 1 heterocycles. The van der Waals surface area contributed by atoms with Crippen LogP contribution < -0.4 is 5.32 Å². The summed E-state index contributed by atoms with van der Waals surface area (Å²) in [5.74, 6) is -0.193. The number of aromatic nitrogens is 1. The second kappa shape index (κ2) is 5.69. The molecule has 0 aliphatic heterocycles. The van der Waals surface area contributed by atoms with Crippen LogP contribution in [0, 0.1) is 5.82 Å². The highest BCUT2D eigenvalue weighted by Gasteiger charge is 2.15. The second-order valence-electron chi connectivity index (χ2n) is 4.70. The van der Waals surface area contributed by atoms with Crippen molar-refractivity contribution in [2.24, 2.45) is 0 Å². The van der Waals surface area contributed by atoms with Crippen LogP contribution in [-0.4, -0.2) is 12.0 Å². The lowest BCUT2D eigenvalue weighted by Crippen LogP contribution is -2.18. The number of likely N-dealkylation sites (N-methyl/N-ethyl adjacent to an activating group) is 1. The summed E-state index contributed by atoms with van der Waals surface area (Å²) < 4.78 is 14.4. The van der Waals surface area contributed by atoms with E-state index < -0.39 is 0 Å². The third-order valence-electron chi connectivity index (χ3n) is 3.29. The topological polar surface area (TPSA) is 24.9 Å². The standard InChI is InChI=1S/C16H15FN2S/c1-18-14(10-11-5-4-6-12(17)9-11)16-19-13-7-2-3-8-15(13)20-16/h2-9,14,18H,10H2,1H3. The van der Waals surface area contributed by atoms with Gasteiger partial charge in [0.15, 0.2) is 0 Å². The number of hydrogen-bond acceptors (Lipinski definition) is 3. The Bertz CT molecular complexity index is 690. The number of nitrogens with one attached hydrogen (secondary N) is 1. The molecule has 102 valence electrons. The summed E-state index contributed by atoms with van der Waals surface area (Å²) >= 11 is 1.69. The van der Waals surface area contributed by atoms with Gasteiger partial charge in [-0.2, -0.15) is 0 Å². The minimum absolute atomic E-state index is 0.106. The van der Waals surface area contributed by atoms with E-state index in [0.717, 1.165) is 22.5 Å². The van der Waals surface area contributed by atoms with Gasteiger partial charge in [0.05, 0.1) is 16.3 Å². The molecule has 0 radical (unpaired) electrons. The summed E-state index contributed by atoms with van der Waals surface area (Å²) in [6.45, 7) is 0. The van der Waals surface area contributed by atoms with Gasteiger partial charge in [0, 0.05) is 0 Å². The van der Waals surface area contributed by atoms with Gasteiger partial charge in [-0.25, -0.2) is 9.37 Å². The van der Waals surface area contributed by atoms with E-state index in [4.69, 9.17) is 0 Å². The lowest BCUT2D eigenvalue weighted by Gasteiger charge is -2.13. The van der Waals surface area contributed by atoms with Crippen molar-refractivity contribution in [3.05, 3.63) is 64.9 Å². The Hall–Kier alpha value is -1.78. The van der Waals surface area contributed by atoms with Crippen molar-refractivity contribution < 1.29 is 4.39 Å². The minimum atomic E-state index is -0.193. The zero-order chi connectivity index (χ0) is 13.9. The summed E-state index contributed by atoms with van der Waals surface area (Å²) in [6.07, 6.45) is 0.730. The predicted molar refractivity (Wildman–Crippen MR) is 81.5 cm³/mol. The van der Waals surface area contributed by atoms with Crippen molar-refractivity contribution in [2.75, 3.05) is 7.05 Å². The first-order chi connectivity index (χ1) is 9.76. The predicted octanol–water partition coefficient (Wildman–Crippen LogP) is 3.94. The van der Waals surface area contributed by atoms with Crippen molar-refractivity contribution in [3.8, 4) is 0 Å². The first-order valence-corrected chi connectivity index (χ1v) is 7.35. The molecular weight excluding hydrogens is 271 g/mol. The molecule has 20 heavy (non-hydrogen) atoms. The van der Waals surface area contributed by atoms with Gasteiger partial charge in [0.25, 0.3) is 0 Å². The van der Waals surface area contributed by atoms with Crippen molar-refractivity contribution in [3.63, 3.8) is 0 Å². The average molecular weight is 286 g/mol. The van der Waals surface area contributed by atoms with Crippen LogP contribution in [0.25, 0.3) is 10.2 Å². The summed E-state index contributed by atoms with van der Waals surface area (Å²) in [4.78, 5) is 4.66. The number of fused-ring (bicyclic) bond motifs is 1. The van der Waals surface area contributed by atoms with E-state index in [1.807, 2.05) is 31.3 Å². The molecule has 0 saturated heterocycles. The average Bonchev–Trinajstić information content (AvgIpc) is 2.88. The molecule has 0 aliphatic carbocycles. The summed E-state index contributed by atoms with van der Waals surface area (Å²) in [5, 5.41) is 4.31. The maximum atomic E-state index is 13.3. The molecule has 4 heteroatoms. The van der Waals surface area contributed by atoms with Gasteiger partial charge in [-0.1, -0.05) is 24.3 Å². The minimum Gasteiger partial charge on any atom is -0.311 e. The molecule has 0 spiro atoms. The van der Waals surface area contributed by atoms with Crippen LogP contribution in [0.2, 0.25) is 0 Å². The van der Waals surface area contributed by atoms with E-state index in [1.54, 1.807) is 23.5 Å². The number of benzene rings is 2. The number of halogens is 1. The monoisotopic (exact) mass is 286 g/mol. The molecule has 0 saturated carbocycles. The van der Waals surface area contributed by atoms with Crippen LogP contribution in [0.5, 0.6) is 0 Å². The quantitative estimate of drug-likeness (QED) is 0.786. The Morgan fingerprint density at radius 1 is 1.20 bits per heavy atom. The molecule has 0 amide bonds. The lowest BCUT2D eigenvalue weighted by atomic mass is 10.1. The first kappa shape index (κ1) is 13.2. The van der Waals surface area contributed by atoms with Crippen LogP contribution in [0.3, 0.4) is 0 Å². The van der Waals surface area contributed by atoms with Gasteiger partial charge in [-0.15, -0.1) is 11.3 Å². The lowest BCUT2D eigenvalue weighted by molar-refractivity contribution is 0.582. The molecule has 2 aromatic carbocycles. The van der Waals surface area contributed by atoms with Gasteiger partial charge >= 0.3 is 0 Å². The Balaban J connectivity index is 1.89.